The van der Waals surface area contributed by atoms with E-state index in [0.29, 0.717) is 10.2 Å². The summed E-state index contributed by atoms with van der Waals surface area (Å²) in [6.45, 7) is 3.14. The summed E-state index contributed by atoms with van der Waals surface area (Å²) in [5.41, 5.74) is 0. The number of aromatic nitrogens is 3. The minimum absolute atomic E-state index is 0.274. The predicted octanol–water partition coefficient (Wildman–Crippen LogP) is 3.17. The molecule has 0 saturated carbocycles. The maximum absolute atomic E-state index is 13.2. The Morgan fingerprint density at radius 2 is 2.22 bits per heavy atom. The maximum atomic E-state index is 13.2. The summed E-state index contributed by atoms with van der Waals surface area (Å²) < 4.78 is 21.1. The van der Waals surface area contributed by atoms with Gasteiger partial charge in [0.25, 0.3) is 0 Å². The minimum Gasteiger partial charge on any atom is -0.485 e. The van der Waals surface area contributed by atoms with E-state index in [1.807, 2.05) is 0 Å². The minimum atomic E-state index is -0.339. The molecule has 18 heavy (non-hydrogen) atoms. The molecule has 96 valence electrons. The van der Waals surface area contributed by atoms with Gasteiger partial charge in [-0.2, -0.15) is 5.10 Å². The van der Waals surface area contributed by atoms with Crippen molar-refractivity contribution in [1.82, 2.24) is 14.8 Å². The number of nitrogens with zero attached hydrogens (tertiary/aromatic N) is 3. The number of halogens is 2. The Morgan fingerprint density at radius 1 is 1.39 bits per heavy atom. The number of rotatable bonds is 5. The number of aryl methyl sites for hydroxylation is 1. The average Bonchev–Trinajstić information content (AvgIpc) is 2.73. The highest BCUT2D eigenvalue weighted by Gasteiger charge is 2.05. The summed E-state index contributed by atoms with van der Waals surface area (Å²) in [6, 6.07) is 4.43. The summed E-state index contributed by atoms with van der Waals surface area (Å²) in [7, 11) is 0. The van der Waals surface area contributed by atoms with Crippen molar-refractivity contribution < 1.29 is 9.13 Å². The SMILES string of the molecule is CCCn1ncnc1COc1cc(F)cc(Br)c1. The van der Waals surface area contributed by atoms with Crippen LogP contribution >= 0.6 is 15.9 Å². The second-order valence-corrected chi connectivity index (χ2v) is 4.71. The third-order valence-electron chi connectivity index (χ3n) is 2.34. The Hall–Kier alpha value is -1.43. The molecule has 1 aromatic heterocycles. The van der Waals surface area contributed by atoms with Gasteiger partial charge in [0, 0.05) is 17.1 Å². The lowest BCUT2D eigenvalue weighted by molar-refractivity contribution is 0.284. The van der Waals surface area contributed by atoms with Crippen molar-refractivity contribution in [2.24, 2.45) is 0 Å². The Balaban J connectivity index is 2.04. The van der Waals surface area contributed by atoms with E-state index in [2.05, 4.69) is 32.9 Å². The Bertz CT molecular complexity index is 510. The van der Waals surface area contributed by atoms with Gasteiger partial charge in [-0.3, -0.25) is 0 Å². The number of hydrogen-bond acceptors (Lipinski definition) is 3. The fraction of sp³-hybridized carbons (Fsp3) is 0.333. The first-order valence-corrected chi connectivity index (χ1v) is 6.44. The van der Waals surface area contributed by atoms with Crippen LogP contribution in [0.5, 0.6) is 5.75 Å². The first-order valence-electron chi connectivity index (χ1n) is 5.64. The predicted molar refractivity (Wildman–Crippen MR) is 68.7 cm³/mol. The smallest absolute Gasteiger partial charge is 0.164 e. The third-order valence-corrected chi connectivity index (χ3v) is 2.79. The second kappa shape index (κ2) is 5.95. The zero-order chi connectivity index (χ0) is 13.0. The monoisotopic (exact) mass is 313 g/mol. The van der Waals surface area contributed by atoms with Crippen LogP contribution in [0.15, 0.2) is 29.0 Å². The number of ether oxygens (including phenoxy) is 1. The zero-order valence-electron chi connectivity index (χ0n) is 9.94. The van der Waals surface area contributed by atoms with Gasteiger partial charge in [0.15, 0.2) is 5.82 Å². The van der Waals surface area contributed by atoms with Gasteiger partial charge in [0.1, 0.15) is 24.5 Å². The molecule has 1 aromatic carbocycles. The van der Waals surface area contributed by atoms with E-state index in [0.717, 1.165) is 18.8 Å². The molecule has 6 heteroatoms. The molecule has 1 heterocycles. The van der Waals surface area contributed by atoms with E-state index in [1.54, 1.807) is 10.7 Å². The zero-order valence-corrected chi connectivity index (χ0v) is 11.5. The van der Waals surface area contributed by atoms with Gasteiger partial charge in [0.2, 0.25) is 0 Å². The molecule has 2 aromatic rings. The maximum Gasteiger partial charge on any atom is 0.164 e. The number of hydrogen-bond donors (Lipinski definition) is 0. The van der Waals surface area contributed by atoms with Crippen LogP contribution in [0.25, 0.3) is 0 Å². The van der Waals surface area contributed by atoms with Gasteiger partial charge in [0.05, 0.1) is 0 Å². The molecule has 0 N–H and O–H groups in total. The molecule has 0 spiro atoms. The van der Waals surface area contributed by atoms with Gasteiger partial charge >= 0.3 is 0 Å². The van der Waals surface area contributed by atoms with Crippen molar-refractivity contribution in [3.63, 3.8) is 0 Å². The van der Waals surface area contributed by atoms with Crippen LogP contribution in [0.3, 0.4) is 0 Å². The normalized spacial score (nSPS) is 10.6. The Labute approximate surface area is 113 Å². The molecular weight excluding hydrogens is 301 g/mol. The molecule has 0 aliphatic heterocycles. The fourth-order valence-corrected chi connectivity index (χ4v) is 2.00. The quantitative estimate of drug-likeness (QED) is 0.851. The first-order chi connectivity index (χ1) is 8.69. The molecule has 0 aliphatic carbocycles. The van der Waals surface area contributed by atoms with E-state index in [4.69, 9.17) is 4.74 Å². The van der Waals surface area contributed by atoms with Gasteiger partial charge < -0.3 is 4.74 Å². The molecule has 0 bridgehead atoms. The van der Waals surface area contributed by atoms with Crippen molar-refractivity contribution >= 4 is 15.9 Å². The highest BCUT2D eigenvalue weighted by atomic mass is 79.9. The Morgan fingerprint density at radius 3 is 2.94 bits per heavy atom. The summed E-state index contributed by atoms with van der Waals surface area (Å²) >= 11 is 3.22. The second-order valence-electron chi connectivity index (χ2n) is 3.79. The molecule has 0 aliphatic rings. The first kappa shape index (κ1) is 13.0. The fourth-order valence-electron chi connectivity index (χ4n) is 1.56. The van der Waals surface area contributed by atoms with Crippen LogP contribution in [-0.4, -0.2) is 14.8 Å². The van der Waals surface area contributed by atoms with Gasteiger partial charge in [-0.05, 0) is 18.6 Å². The average molecular weight is 314 g/mol. The lowest BCUT2D eigenvalue weighted by atomic mass is 10.3. The molecule has 0 fully saturated rings. The highest BCUT2D eigenvalue weighted by Crippen LogP contribution is 2.21. The largest absolute Gasteiger partial charge is 0.485 e. The van der Waals surface area contributed by atoms with E-state index in [9.17, 15) is 4.39 Å². The molecule has 2 rings (SSSR count). The standard InChI is InChI=1S/C12H13BrFN3O/c1-2-3-17-12(15-8-16-17)7-18-11-5-9(13)4-10(14)6-11/h4-6,8H,2-3,7H2,1H3. The summed E-state index contributed by atoms with van der Waals surface area (Å²) in [5, 5.41) is 4.10. The third kappa shape index (κ3) is 3.29. The summed E-state index contributed by atoms with van der Waals surface area (Å²) in [5.74, 6) is 0.861. The van der Waals surface area contributed by atoms with Crippen LogP contribution in [0.1, 0.15) is 19.2 Å². The molecule has 0 unspecified atom stereocenters. The van der Waals surface area contributed by atoms with Crippen molar-refractivity contribution in [3.8, 4) is 5.75 Å². The summed E-state index contributed by atoms with van der Waals surface area (Å²) in [6.07, 6.45) is 2.47. The van der Waals surface area contributed by atoms with Crippen LogP contribution in [-0.2, 0) is 13.2 Å². The van der Waals surface area contributed by atoms with Crippen molar-refractivity contribution in [3.05, 3.63) is 40.6 Å². The molecule has 0 amide bonds. The number of benzene rings is 1. The van der Waals surface area contributed by atoms with E-state index >= 15 is 0 Å². The lowest BCUT2D eigenvalue weighted by Crippen LogP contribution is -2.08. The summed E-state index contributed by atoms with van der Waals surface area (Å²) in [4.78, 5) is 4.12. The van der Waals surface area contributed by atoms with Crippen LogP contribution in [0.2, 0.25) is 0 Å². The van der Waals surface area contributed by atoms with E-state index in [-0.39, 0.29) is 12.4 Å². The molecular formula is C12H13BrFN3O. The van der Waals surface area contributed by atoms with E-state index < -0.39 is 0 Å². The topological polar surface area (TPSA) is 39.9 Å². The van der Waals surface area contributed by atoms with Gasteiger partial charge in [-0.1, -0.05) is 22.9 Å². The van der Waals surface area contributed by atoms with Crippen molar-refractivity contribution in [2.75, 3.05) is 0 Å². The van der Waals surface area contributed by atoms with Crippen LogP contribution in [0.4, 0.5) is 4.39 Å². The van der Waals surface area contributed by atoms with E-state index in [1.165, 1.54) is 18.5 Å². The molecule has 0 saturated heterocycles. The van der Waals surface area contributed by atoms with Gasteiger partial charge in [-0.15, -0.1) is 0 Å². The molecule has 0 radical (unpaired) electrons. The molecule has 4 nitrogen and oxygen atoms in total. The van der Waals surface area contributed by atoms with Crippen LogP contribution < -0.4 is 4.74 Å². The van der Waals surface area contributed by atoms with Crippen molar-refractivity contribution in [1.29, 1.82) is 0 Å². The van der Waals surface area contributed by atoms with Crippen LogP contribution in [0, 0.1) is 5.82 Å². The molecule has 0 atom stereocenters. The highest BCUT2D eigenvalue weighted by molar-refractivity contribution is 9.10. The van der Waals surface area contributed by atoms with Crippen molar-refractivity contribution in [2.45, 2.75) is 26.5 Å². The van der Waals surface area contributed by atoms with Gasteiger partial charge in [-0.25, -0.2) is 14.1 Å². The Kier molecular flexibility index (Phi) is 4.30. The lowest BCUT2D eigenvalue weighted by Gasteiger charge is -2.07.